The maximum absolute atomic E-state index is 12.2. The molecule has 0 radical (unpaired) electrons. The zero-order valence-electron chi connectivity index (χ0n) is 11.5. The van der Waals surface area contributed by atoms with Crippen molar-refractivity contribution in [2.75, 3.05) is 20.2 Å². The lowest BCUT2D eigenvalue weighted by Gasteiger charge is -2.31. The summed E-state index contributed by atoms with van der Waals surface area (Å²) in [6.45, 7) is 3.68. The third kappa shape index (κ3) is 3.26. The zero-order valence-corrected chi connectivity index (χ0v) is 11.5. The number of piperidine rings is 1. The molecule has 0 aromatic heterocycles. The third-order valence-corrected chi connectivity index (χ3v) is 3.76. The second-order valence-electron chi connectivity index (χ2n) is 5.18. The molecule has 0 spiro atoms. The molecular weight excluding hydrogens is 242 g/mol. The van der Waals surface area contributed by atoms with Gasteiger partial charge in [-0.25, -0.2) is 0 Å². The molecule has 19 heavy (non-hydrogen) atoms. The lowest BCUT2D eigenvalue weighted by Crippen LogP contribution is -2.40. The number of aliphatic hydroxyl groups excluding tert-OH is 1. The number of nitrogens with zero attached hydrogens (tertiary/aromatic N) is 1. The van der Waals surface area contributed by atoms with Gasteiger partial charge in [0.1, 0.15) is 5.75 Å². The number of aliphatic hydroxyl groups is 1. The highest BCUT2D eigenvalue weighted by atomic mass is 16.5. The first-order valence-corrected chi connectivity index (χ1v) is 6.72. The van der Waals surface area contributed by atoms with E-state index in [1.807, 2.05) is 0 Å². The van der Waals surface area contributed by atoms with Crippen LogP contribution >= 0.6 is 0 Å². The average Bonchev–Trinajstić information content (AvgIpc) is 2.46. The number of hydrogen-bond donors (Lipinski definition) is 1. The minimum absolute atomic E-state index is 0.197. The fourth-order valence-electron chi connectivity index (χ4n) is 2.33. The number of carbonyl (C=O) groups excluding carboxylic acids is 1. The van der Waals surface area contributed by atoms with Gasteiger partial charge in [-0.2, -0.15) is 0 Å². The minimum atomic E-state index is -1.07. The van der Waals surface area contributed by atoms with Gasteiger partial charge in [-0.1, -0.05) is 19.1 Å². The standard InChI is InChI=1S/C15H21NO3/c1-11-7-9-16(10-8-11)15(18)14(17)12-3-5-13(19-2)6-4-12/h3-6,11,14,17H,7-10H2,1-2H3. The summed E-state index contributed by atoms with van der Waals surface area (Å²) in [5.41, 5.74) is 0.615. The molecule has 104 valence electrons. The Hall–Kier alpha value is -1.55. The van der Waals surface area contributed by atoms with E-state index in [0.29, 0.717) is 11.5 Å². The van der Waals surface area contributed by atoms with Crippen molar-refractivity contribution in [1.29, 1.82) is 0 Å². The van der Waals surface area contributed by atoms with Gasteiger partial charge < -0.3 is 14.7 Å². The topological polar surface area (TPSA) is 49.8 Å². The molecule has 4 heteroatoms. The summed E-state index contributed by atoms with van der Waals surface area (Å²) >= 11 is 0. The van der Waals surface area contributed by atoms with Crippen molar-refractivity contribution in [3.63, 3.8) is 0 Å². The summed E-state index contributed by atoms with van der Waals surface area (Å²) in [6, 6.07) is 6.97. The van der Waals surface area contributed by atoms with Crippen LogP contribution < -0.4 is 4.74 Å². The van der Waals surface area contributed by atoms with Gasteiger partial charge in [-0.05, 0) is 36.5 Å². The molecule has 2 rings (SSSR count). The normalized spacial score (nSPS) is 18.2. The third-order valence-electron chi connectivity index (χ3n) is 3.76. The van der Waals surface area contributed by atoms with E-state index in [1.54, 1.807) is 36.3 Å². The van der Waals surface area contributed by atoms with Crippen LogP contribution in [0.3, 0.4) is 0 Å². The number of likely N-dealkylation sites (tertiary alicyclic amines) is 1. The molecular formula is C15H21NO3. The molecule has 1 saturated heterocycles. The van der Waals surface area contributed by atoms with Gasteiger partial charge in [0.05, 0.1) is 7.11 Å². The van der Waals surface area contributed by atoms with Gasteiger partial charge in [0.2, 0.25) is 0 Å². The number of rotatable bonds is 3. The summed E-state index contributed by atoms with van der Waals surface area (Å²) in [5, 5.41) is 10.1. The van der Waals surface area contributed by atoms with Gasteiger partial charge in [-0.15, -0.1) is 0 Å². The van der Waals surface area contributed by atoms with E-state index in [9.17, 15) is 9.90 Å². The number of benzene rings is 1. The van der Waals surface area contributed by atoms with E-state index in [2.05, 4.69) is 6.92 Å². The van der Waals surface area contributed by atoms with Crippen LogP contribution in [0.2, 0.25) is 0 Å². The molecule has 1 fully saturated rings. The second-order valence-corrected chi connectivity index (χ2v) is 5.18. The molecule has 0 aliphatic carbocycles. The minimum Gasteiger partial charge on any atom is -0.497 e. The van der Waals surface area contributed by atoms with Crippen LogP contribution in [-0.2, 0) is 4.79 Å². The number of methoxy groups -OCH3 is 1. The van der Waals surface area contributed by atoms with Gasteiger partial charge in [-0.3, -0.25) is 4.79 Å². The molecule has 1 aromatic rings. The highest BCUT2D eigenvalue weighted by Crippen LogP contribution is 2.22. The van der Waals surface area contributed by atoms with Gasteiger partial charge in [0.15, 0.2) is 6.10 Å². The Labute approximate surface area is 114 Å². The van der Waals surface area contributed by atoms with Gasteiger partial charge in [0, 0.05) is 13.1 Å². The number of hydrogen-bond acceptors (Lipinski definition) is 3. The Morgan fingerprint density at radius 3 is 2.42 bits per heavy atom. The van der Waals surface area contributed by atoms with Crippen molar-refractivity contribution in [3.8, 4) is 5.75 Å². The van der Waals surface area contributed by atoms with Crippen molar-refractivity contribution in [2.24, 2.45) is 5.92 Å². The lowest BCUT2D eigenvalue weighted by molar-refractivity contribution is -0.141. The first-order chi connectivity index (χ1) is 9.11. The van der Waals surface area contributed by atoms with E-state index in [-0.39, 0.29) is 5.91 Å². The molecule has 1 heterocycles. The fourth-order valence-corrected chi connectivity index (χ4v) is 2.33. The first kappa shape index (κ1) is 13.9. The van der Waals surface area contributed by atoms with Crippen LogP contribution in [0.4, 0.5) is 0 Å². The largest absolute Gasteiger partial charge is 0.497 e. The quantitative estimate of drug-likeness (QED) is 0.907. The van der Waals surface area contributed by atoms with Crippen molar-refractivity contribution in [1.82, 2.24) is 4.90 Å². The lowest BCUT2D eigenvalue weighted by atomic mass is 9.98. The summed E-state index contributed by atoms with van der Waals surface area (Å²) in [6.07, 6.45) is 0.960. The van der Waals surface area contributed by atoms with E-state index in [1.165, 1.54) is 0 Å². The smallest absolute Gasteiger partial charge is 0.256 e. The Bertz CT molecular complexity index is 422. The Morgan fingerprint density at radius 2 is 1.89 bits per heavy atom. The molecule has 1 N–H and O–H groups in total. The van der Waals surface area contributed by atoms with Crippen LogP contribution in [0.25, 0.3) is 0 Å². The van der Waals surface area contributed by atoms with Crippen molar-refractivity contribution < 1.29 is 14.6 Å². The highest BCUT2D eigenvalue weighted by Gasteiger charge is 2.26. The molecule has 1 atom stereocenters. The zero-order chi connectivity index (χ0) is 13.8. The maximum atomic E-state index is 12.2. The van der Waals surface area contributed by atoms with Gasteiger partial charge in [0.25, 0.3) is 5.91 Å². The monoisotopic (exact) mass is 263 g/mol. The van der Waals surface area contributed by atoms with Crippen LogP contribution in [0.15, 0.2) is 24.3 Å². The molecule has 0 bridgehead atoms. The maximum Gasteiger partial charge on any atom is 0.256 e. The average molecular weight is 263 g/mol. The Kier molecular flexibility index (Phi) is 4.43. The molecule has 1 aliphatic rings. The predicted molar refractivity (Wildman–Crippen MR) is 72.9 cm³/mol. The van der Waals surface area contributed by atoms with Gasteiger partial charge >= 0.3 is 0 Å². The molecule has 4 nitrogen and oxygen atoms in total. The van der Waals surface area contributed by atoms with E-state index in [4.69, 9.17) is 4.74 Å². The Balaban J connectivity index is 2.01. The second kappa shape index (κ2) is 6.06. The van der Waals surface area contributed by atoms with Crippen LogP contribution in [0.5, 0.6) is 5.75 Å². The molecule has 1 aromatic carbocycles. The SMILES string of the molecule is COc1ccc(C(O)C(=O)N2CCC(C)CC2)cc1. The van der Waals surface area contributed by atoms with Crippen molar-refractivity contribution in [2.45, 2.75) is 25.9 Å². The molecule has 1 aliphatic heterocycles. The molecule has 1 unspecified atom stereocenters. The van der Waals surface area contributed by atoms with E-state index < -0.39 is 6.10 Å². The van der Waals surface area contributed by atoms with Crippen molar-refractivity contribution in [3.05, 3.63) is 29.8 Å². The highest BCUT2D eigenvalue weighted by molar-refractivity contribution is 5.82. The van der Waals surface area contributed by atoms with Crippen LogP contribution in [-0.4, -0.2) is 36.1 Å². The number of amides is 1. The summed E-state index contributed by atoms with van der Waals surface area (Å²) in [4.78, 5) is 14.0. The summed E-state index contributed by atoms with van der Waals surface area (Å²) < 4.78 is 5.06. The molecule has 1 amide bonds. The van der Waals surface area contributed by atoms with Crippen LogP contribution in [0, 0.1) is 5.92 Å². The summed E-state index contributed by atoms with van der Waals surface area (Å²) in [7, 11) is 1.59. The van der Waals surface area contributed by atoms with Crippen molar-refractivity contribution >= 4 is 5.91 Å². The fraction of sp³-hybridized carbons (Fsp3) is 0.533. The number of carbonyl (C=O) groups is 1. The van der Waals surface area contributed by atoms with E-state index in [0.717, 1.165) is 31.7 Å². The van der Waals surface area contributed by atoms with E-state index >= 15 is 0 Å². The first-order valence-electron chi connectivity index (χ1n) is 6.72. The van der Waals surface area contributed by atoms with Crippen LogP contribution in [0.1, 0.15) is 31.4 Å². The number of ether oxygens (including phenoxy) is 1. The predicted octanol–water partition coefficient (Wildman–Crippen LogP) is 1.99. The molecule has 0 saturated carbocycles. The Morgan fingerprint density at radius 1 is 1.32 bits per heavy atom. The summed E-state index contributed by atoms with van der Waals surface area (Å²) in [5.74, 6) is 1.19.